The Morgan fingerprint density at radius 1 is 1.29 bits per heavy atom. The number of halogens is 1. The predicted molar refractivity (Wildman–Crippen MR) is 109 cm³/mol. The molecule has 0 aliphatic heterocycles. The Morgan fingerprint density at radius 3 is 2.90 bits per heavy atom. The van der Waals surface area contributed by atoms with E-state index in [4.69, 9.17) is 9.47 Å². The molecule has 160 valence electrons. The third-order valence-electron chi connectivity index (χ3n) is 4.50. The van der Waals surface area contributed by atoms with Crippen LogP contribution >= 0.6 is 0 Å². The molecule has 0 spiro atoms. The maximum Gasteiger partial charge on any atom is 0.302 e. The number of anilines is 1. The molecule has 4 heterocycles. The van der Waals surface area contributed by atoms with E-state index in [9.17, 15) is 9.59 Å². The largest absolute Gasteiger partial charge is 0.464 e. The Morgan fingerprint density at radius 2 is 2.13 bits per heavy atom. The molecule has 1 N–H and O–H groups in total. The van der Waals surface area contributed by atoms with E-state index in [0.29, 0.717) is 22.1 Å². The van der Waals surface area contributed by atoms with Crippen molar-refractivity contribution in [1.82, 2.24) is 24.4 Å². The molecule has 0 unspecified atom stereocenters. The van der Waals surface area contributed by atoms with Crippen molar-refractivity contribution < 1.29 is 23.5 Å². The number of aromatic nitrogens is 5. The van der Waals surface area contributed by atoms with Crippen LogP contribution in [0.4, 0.5) is 10.2 Å². The fraction of sp³-hybridized carbons (Fsp3) is 0.250. The van der Waals surface area contributed by atoms with E-state index in [2.05, 4.69) is 20.5 Å². The summed E-state index contributed by atoms with van der Waals surface area (Å²) in [4.78, 5) is 27.6. The van der Waals surface area contributed by atoms with Crippen molar-refractivity contribution in [3.05, 3.63) is 42.5 Å². The molecular formula is C20H19FN6O4. The van der Waals surface area contributed by atoms with Crippen LogP contribution in [0.3, 0.4) is 0 Å². The van der Waals surface area contributed by atoms with E-state index in [0.717, 1.165) is 0 Å². The van der Waals surface area contributed by atoms with E-state index in [-0.39, 0.29) is 31.3 Å². The highest BCUT2D eigenvalue weighted by atomic mass is 19.1. The van der Waals surface area contributed by atoms with Crippen LogP contribution in [0.1, 0.15) is 6.92 Å². The van der Waals surface area contributed by atoms with Crippen molar-refractivity contribution in [2.45, 2.75) is 13.5 Å². The molecule has 11 heteroatoms. The molecule has 0 aliphatic rings. The lowest BCUT2D eigenvalue weighted by molar-refractivity contribution is -0.141. The average molecular weight is 426 g/mol. The molecule has 10 nitrogen and oxygen atoms in total. The number of carbonyl (C=O) groups is 2. The van der Waals surface area contributed by atoms with Crippen LogP contribution < -0.4 is 5.32 Å². The van der Waals surface area contributed by atoms with Gasteiger partial charge in [0.05, 0.1) is 23.6 Å². The molecule has 4 aromatic rings. The molecular weight excluding hydrogens is 407 g/mol. The van der Waals surface area contributed by atoms with Crippen LogP contribution in [0.25, 0.3) is 27.8 Å². The van der Waals surface area contributed by atoms with Gasteiger partial charge in [-0.25, -0.2) is 18.6 Å². The smallest absolute Gasteiger partial charge is 0.302 e. The summed E-state index contributed by atoms with van der Waals surface area (Å²) in [7, 11) is 1.39. The predicted octanol–water partition coefficient (Wildman–Crippen LogP) is 2.03. The standard InChI is InChI=1S/C20H19FN6O4/c1-12(28)31-8-7-27-20-13(19(25-27)23-17(29)11-30-2)9-15(21)18(24-20)14-10-22-26-6-4-3-5-16(14)26/h3-6,9-10H,7-8,11H2,1-2H3,(H,23,25,29). The number of carbonyl (C=O) groups excluding carboxylic acids is 2. The average Bonchev–Trinajstić information content (AvgIpc) is 3.29. The second kappa shape index (κ2) is 8.48. The molecule has 0 bridgehead atoms. The van der Waals surface area contributed by atoms with Crippen LogP contribution in [-0.4, -0.2) is 56.6 Å². The molecule has 1 amide bonds. The second-order valence-corrected chi connectivity index (χ2v) is 6.67. The first kappa shape index (κ1) is 20.4. The van der Waals surface area contributed by atoms with Crippen molar-refractivity contribution in [3.8, 4) is 11.3 Å². The van der Waals surface area contributed by atoms with Crippen molar-refractivity contribution in [1.29, 1.82) is 0 Å². The third-order valence-corrected chi connectivity index (χ3v) is 4.50. The lowest BCUT2D eigenvalue weighted by Gasteiger charge is -2.05. The van der Waals surface area contributed by atoms with Gasteiger partial charge in [0, 0.05) is 25.8 Å². The number of methoxy groups -OCH3 is 1. The van der Waals surface area contributed by atoms with Crippen LogP contribution in [0.15, 0.2) is 36.7 Å². The highest BCUT2D eigenvalue weighted by molar-refractivity contribution is 6.00. The van der Waals surface area contributed by atoms with Gasteiger partial charge in [-0.05, 0) is 18.2 Å². The SMILES string of the molecule is COCC(=O)Nc1nn(CCOC(C)=O)c2nc(-c3cnn4ccccc34)c(F)cc12. The Balaban J connectivity index is 1.81. The molecule has 0 fully saturated rings. The van der Waals surface area contributed by atoms with Gasteiger partial charge in [0.25, 0.3) is 5.91 Å². The molecule has 31 heavy (non-hydrogen) atoms. The number of hydrogen-bond donors (Lipinski definition) is 1. The molecule has 0 saturated carbocycles. The van der Waals surface area contributed by atoms with Crippen molar-refractivity contribution in [2.24, 2.45) is 0 Å². The minimum absolute atomic E-state index is 0.0443. The van der Waals surface area contributed by atoms with Crippen molar-refractivity contribution >= 4 is 34.2 Å². The van der Waals surface area contributed by atoms with Crippen molar-refractivity contribution in [3.63, 3.8) is 0 Å². The van der Waals surface area contributed by atoms with Gasteiger partial charge >= 0.3 is 5.97 Å². The zero-order chi connectivity index (χ0) is 22.0. The number of rotatable bonds is 7. The highest BCUT2D eigenvalue weighted by Crippen LogP contribution is 2.30. The minimum Gasteiger partial charge on any atom is -0.464 e. The molecule has 4 aromatic heterocycles. The summed E-state index contributed by atoms with van der Waals surface area (Å²) < 4.78 is 28.0. The maximum absolute atomic E-state index is 15.1. The summed E-state index contributed by atoms with van der Waals surface area (Å²) in [6.45, 7) is 1.33. The van der Waals surface area contributed by atoms with E-state index < -0.39 is 17.7 Å². The van der Waals surface area contributed by atoms with Gasteiger partial charge in [0.1, 0.15) is 18.9 Å². The van der Waals surface area contributed by atoms with Crippen molar-refractivity contribution in [2.75, 3.05) is 25.6 Å². The van der Waals surface area contributed by atoms with E-state index >= 15 is 4.39 Å². The minimum atomic E-state index is -0.590. The van der Waals surface area contributed by atoms with Crippen LogP contribution in [-0.2, 0) is 25.6 Å². The van der Waals surface area contributed by atoms with Gasteiger partial charge in [0.2, 0.25) is 0 Å². The molecule has 0 aromatic carbocycles. The lowest BCUT2D eigenvalue weighted by Crippen LogP contribution is -2.18. The number of esters is 1. The van der Waals surface area contributed by atoms with Gasteiger partial charge in [-0.2, -0.15) is 10.2 Å². The molecule has 0 saturated heterocycles. The number of pyridine rings is 2. The highest BCUT2D eigenvalue weighted by Gasteiger charge is 2.20. The summed E-state index contributed by atoms with van der Waals surface area (Å²) in [5, 5.41) is 11.5. The number of nitrogens with one attached hydrogen (secondary N) is 1. The van der Waals surface area contributed by atoms with Crippen LogP contribution in [0.5, 0.6) is 0 Å². The normalized spacial score (nSPS) is 11.2. The Labute approximate surface area is 175 Å². The number of fused-ring (bicyclic) bond motifs is 2. The summed E-state index contributed by atoms with van der Waals surface area (Å²) in [5.41, 5.74) is 1.62. The third kappa shape index (κ3) is 4.08. The van der Waals surface area contributed by atoms with E-state index in [1.165, 1.54) is 31.0 Å². The molecule has 0 aliphatic carbocycles. The summed E-state index contributed by atoms with van der Waals surface area (Å²) in [5.74, 6) is -1.33. The molecule has 0 radical (unpaired) electrons. The first-order valence-electron chi connectivity index (χ1n) is 9.40. The molecule has 4 rings (SSSR count). The topological polar surface area (TPSA) is 113 Å². The summed E-state index contributed by atoms with van der Waals surface area (Å²) >= 11 is 0. The first-order chi connectivity index (χ1) is 15.0. The number of amides is 1. The van der Waals surface area contributed by atoms with Crippen LogP contribution in [0, 0.1) is 5.82 Å². The van der Waals surface area contributed by atoms with Gasteiger partial charge in [-0.15, -0.1) is 0 Å². The van der Waals surface area contributed by atoms with Gasteiger partial charge in [-0.1, -0.05) is 6.07 Å². The zero-order valence-electron chi connectivity index (χ0n) is 16.8. The lowest BCUT2D eigenvalue weighted by atomic mass is 10.1. The van der Waals surface area contributed by atoms with E-state index in [1.807, 2.05) is 18.2 Å². The Kier molecular flexibility index (Phi) is 5.58. The Hall–Kier alpha value is -3.86. The number of ether oxygens (including phenoxy) is 2. The summed E-state index contributed by atoms with van der Waals surface area (Å²) in [6, 6.07) is 6.71. The maximum atomic E-state index is 15.1. The number of hydrogen-bond acceptors (Lipinski definition) is 7. The van der Waals surface area contributed by atoms with Gasteiger partial charge < -0.3 is 14.8 Å². The molecule has 0 atom stereocenters. The number of nitrogens with zero attached hydrogens (tertiary/aromatic N) is 5. The second-order valence-electron chi connectivity index (χ2n) is 6.67. The monoisotopic (exact) mass is 426 g/mol. The quantitative estimate of drug-likeness (QED) is 0.450. The van der Waals surface area contributed by atoms with Gasteiger partial charge in [0.15, 0.2) is 17.3 Å². The Bertz CT molecular complexity index is 1280. The summed E-state index contributed by atoms with van der Waals surface area (Å²) in [6.07, 6.45) is 3.29. The fourth-order valence-electron chi connectivity index (χ4n) is 3.20. The first-order valence-corrected chi connectivity index (χ1v) is 9.40. The van der Waals surface area contributed by atoms with E-state index in [1.54, 1.807) is 10.7 Å². The van der Waals surface area contributed by atoms with Gasteiger partial charge in [-0.3, -0.25) is 9.59 Å². The van der Waals surface area contributed by atoms with Crippen LogP contribution in [0.2, 0.25) is 0 Å². The zero-order valence-corrected chi connectivity index (χ0v) is 16.8. The fourth-order valence-corrected chi connectivity index (χ4v) is 3.20.